The Hall–Kier alpha value is -0.650. The Bertz CT molecular complexity index is 347. The molecule has 2 rings (SSSR count). The molecule has 0 spiro atoms. The minimum atomic E-state index is -0.468. The fourth-order valence-corrected chi connectivity index (χ4v) is 4.07. The van der Waals surface area contributed by atoms with E-state index in [2.05, 4.69) is 29.2 Å². The Morgan fingerprint density at radius 3 is 2.80 bits per heavy atom. The average molecular weight is 282 g/mol. The quantitative estimate of drug-likeness (QED) is 0.740. The molecule has 3 atom stereocenters. The summed E-state index contributed by atoms with van der Waals surface area (Å²) in [6, 6.07) is 1.15. The third-order valence-electron chi connectivity index (χ3n) is 4.94. The van der Waals surface area contributed by atoms with Gasteiger partial charge in [-0.2, -0.15) is 0 Å². The molecule has 0 aromatic rings. The Labute approximate surface area is 122 Å². The van der Waals surface area contributed by atoms with Gasteiger partial charge in [-0.25, -0.2) is 0 Å². The second-order valence-corrected chi connectivity index (χ2v) is 6.67. The highest BCUT2D eigenvalue weighted by Gasteiger charge is 2.46. The molecule has 2 fully saturated rings. The molecule has 5 heteroatoms. The van der Waals surface area contributed by atoms with Crippen LogP contribution in [0.4, 0.5) is 0 Å². The number of carbonyl (C=O) groups excluding carboxylic acids is 1. The smallest absolute Gasteiger partial charge is 0.237 e. The van der Waals surface area contributed by atoms with Gasteiger partial charge >= 0.3 is 0 Å². The van der Waals surface area contributed by atoms with Crippen LogP contribution in [0.1, 0.15) is 39.0 Å². The Morgan fingerprint density at radius 2 is 2.20 bits per heavy atom. The summed E-state index contributed by atoms with van der Waals surface area (Å²) in [6.07, 6.45) is 5.39. The number of primary amides is 1. The van der Waals surface area contributed by atoms with E-state index in [-0.39, 0.29) is 5.91 Å². The van der Waals surface area contributed by atoms with Gasteiger partial charge in [0.05, 0.1) is 5.54 Å². The molecule has 20 heavy (non-hydrogen) atoms. The normalized spacial score (nSPS) is 35.0. The summed E-state index contributed by atoms with van der Waals surface area (Å²) in [5.41, 5.74) is 5.20. The van der Waals surface area contributed by atoms with Crippen molar-refractivity contribution in [2.45, 2.75) is 56.7 Å². The zero-order chi connectivity index (χ0) is 14.8. The first-order valence-electron chi connectivity index (χ1n) is 7.94. The van der Waals surface area contributed by atoms with Crippen molar-refractivity contribution in [1.82, 2.24) is 15.1 Å². The fourth-order valence-electron chi connectivity index (χ4n) is 4.07. The molecule has 0 aromatic heterocycles. The first-order chi connectivity index (χ1) is 9.48. The highest BCUT2D eigenvalue weighted by Crippen LogP contribution is 2.36. The van der Waals surface area contributed by atoms with Crippen molar-refractivity contribution in [2.75, 3.05) is 33.7 Å². The van der Waals surface area contributed by atoms with Crippen LogP contribution in [0, 0.1) is 0 Å². The van der Waals surface area contributed by atoms with Crippen LogP contribution in [0.25, 0.3) is 0 Å². The lowest BCUT2D eigenvalue weighted by atomic mass is 9.96. The van der Waals surface area contributed by atoms with Crippen LogP contribution in [-0.4, -0.2) is 67.1 Å². The third kappa shape index (κ3) is 3.15. The molecule has 116 valence electrons. The number of likely N-dealkylation sites (N-methyl/N-ethyl adjacent to an activating group) is 2. The summed E-state index contributed by atoms with van der Waals surface area (Å²) in [4.78, 5) is 16.8. The predicted octanol–water partition coefficient (Wildman–Crippen LogP) is 0.399. The van der Waals surface area contributed by atoms with Gasteiger partial charge in [0, 0.05) is 18.6 Å². The van der Waals surface area contributed by atoms with Crippen molar-refractivity contribution in [2.24, 2.45) is 5.73 Å². The zero-order valence-electron chi connectivity index (χ0n) is 13.2. The number of rotatable bonds is 6. The number of amides is 1. The maximum absolute atomic E-state index is 11.9. The van der Waals surface area contributed by atoms with E-state index in [1.807, 2.05) is 6.92 Å². The molecular formula is C15H30N4O. The van der Waals surface area contributed by atoms with Gasteiger partial charge in [-0.3, -0.25) is 9.69 Å². The highest BCUT2D eigenvalue weighted by atomic mass is 16.1. The SMILES string of the molecule is CCNC1(C(N)=O)CCC(N2CCCC2CN(C)C)C1. The zero-order valence-corrected chi connectivity index (χ0v) is 13.2. The molecule has 3 N–H and O–H groups in total. The van der Waals surface area contributed by atoms with Gasteiger partial charge in [0.15, 0.2) is 0 Å². The van der Waals surface area contributed by atoms with Gasteiger partial charge in [-0.15, -0.1) is 0 Å². The van der Waals surface area contributed by atoms with Gasteiger partial charge in [-0.1, -0.05) is 6.92 Å². The van der Waals surface area contributed by atoms with Crippen LogP contribution in [0.2, 0.25) is 0 Å². The molecular weight excluding hydrogens is 252 g/mol. The maximum atomic E-state index is 11.9. The summed E-state index contributed by atoms with van der Waals surface area (Å²) in [5.74, 6) is -0.176. The third-order valence-corrected chi connectivity index (χ3v) is 4.94. The number of hydrogen-bond acceptors (Lipinski definition) is 4. The number of nitrogens with zero attached hydrogens (tertiary/aromatic N) is 2. The van der Waals surface area contributed by atoms with Crippen molar-refractivity contribution in [3.63, 3.8) is 0 Å². The molecule has 1 amide bonds. The van der Waals surface area contributed by atoms with Crippen molar-refractivity contribution < 1.29 is 4.79 Å². The van der Waals surface area contributed by atoms with Gasteiger partial charge in [0.25, 0.3) is 0 Å². The first kappa shape index (κ1) is 15.7. The topological polar surface area (TPSA) is 61.6 Å². The molecule has 0 radical (unpaired) electrons. The highest BCUT2D eigenvalue weighted by molar-refractivity contribution is 5.85. The number of nitrogens with one attached hydrogen (secondary N) is 1. The molecule has 0 bridgehead atoms. The van der Waals surface area contributed by atoms with Crippen LogP contribution in [-0.2, 0) is 4.79 Å². The molecule has 3 unspecified atom stereocenters. The van der Waals surface area contributed by atoms with E-state index in [1.54, 1.807) is 0 Å². The second kappa shape index (κ2) is 6.41. The first-order valence-corrected chi connectivity index (χ1v) is 7.94. The second-order valence-electron chi connectivity index (χ2n) is 6.67. The van der Waals surface area contributed by atoms with Crippen molar-refractivity contribution in [3.05, 3.63) is 0 Å². The number of nitrogens with two attached hydrogens (primary N) is 1. The lowest BCUT2D eigenvalue weighted by Crippen LogP contribution is -2.55. The molecule has 0 aromatic carbocycles. The lowest BCUT2D eigenvalue weighted by Gasteiger charge is -2.34. The summed E-state index contributed by atoms with van der Waals surface area (Å²) < 4.78 is 0. The average Bonchev–Trinajstić information content (AvgIpc) is 2.96. The van der Waals surface area contributed by atoms with Crippen LogP contribution < -0.4 is 11.1 Å². The summed E-state index contributed by atoms with van der Waals surface area (Å²) in [7, 11) is 4.27. The van der Waals surface area contributed by atoms with Crippen molar-refractivity contribution >= 4 is 5.91 Å². The van der Waals surface area contributed by atoms with E-state index in [1.165, 1.54) is 19.4 Å². The molecule has 1 heterocycles. The van der Waals surface area contributed by atoms with Crippen molar-refractivity contribution in [1.29, 1.82) is 0 Å². The molecule has 1 saturated carbocycles. The number of hydrogen-bond donors (Lipinski definition) is 2. The minimum absolute atomic E-state index is 0.176. The summed E-state index contributed by atoms with van der Waals surface area (Å²) in [6.45, 7) is 5.13. The Balaban J connectivity index is 2.02. The minimum Gasteiger partial charge on any atom is -0.368 e. The standard InChI is InChI=1S/C15H30N4O/c1-4-17-15(14(16)20)8-7-12(10-15)19-9-5-6-13(19)11-18(2)3/h12-13,17H,4-11H2,1-3H3,(H2,16,20). The van der Waals surface area contributed by atoms with E-state index < -0.39 is 5.54 Å². The van der Waals surface area contributed by atoms with Crippen LogP contribution in [0.5, 0.6) is 0 Å². The Kier molecular flexibility index (Phi) is 5.04. The van der Waals surface area contributed by atoms with E-state index in [4.69, 9.17) is 5.73 Å². The number of carbonyl (C=O) groups is 1. The Morgan fingerprint density at radius 1 is 1.45 bits per heavy atom. The van der Waals surface area contributed by atoms with Crippen LogP contribution in [0.15, 0.2) is 0 Å². The van der Waals surface area contributed by atoms with E-state index in [0.29, 0.717) is 12.1 Å². The molecule has 5 nitrogen and oxygen atoms in total. The largest absolute Gasteiger partial charge is 0.368 e. The molecule has 2 aliphatic rings. The van der Waals surface area contributed by atoms with Gasteiger partial charge in [0.2, 0.25) is 5.91 Å². The summed E-state index contributed by atoms with van der Waals surface area (Å²) in [5, 5.41) is 3.35. The number of likely N-dealkylation sites (tertiary alicyclic amines) is 1. The van der Waals surface area contributed by atoms with E-state index in [0.717, 1.165) is 32.4 Å². The van der Waals surface area contributed by atoms with Gasteiger partial charge < -0.3 is 16.0 Å². The van der Waals surface area contributed by atoms with Gasteiger partial charge in [0.1, 0.15) is 0 Å². The van der Waals surface area contributed by atoms with Crippen LogP contribution in [0.3, 0.4) is 0 Å². The monoisotopic (exact) mass is 282 g/mol. The van der Waals surface area contributed by atoms with Crippen molar-refractivity contribution in [3.8, 4) is 0 Å². The van der Waals surface area contributed by atoms with E-state index >= 15 is 0 Å². The van der Waals surface area contributed by atoms with Crippen LogP contribution >= 0.6 is 0 Å². The predicted molar refractivity (Wildman–Crippen MR) is 81.5 cm³/mol. The molecule has 1 saturated heterocycles. The van der Waals surface area contributed by atoms with E-state index in [9.17, 15) is 4.79 Å². The maximum Gasteiger partial charge on any atom is 0.237 e. The molecule has 1 aliphatic carbocycles. The fraction of sp³-hybridized carbons (Fsp3) is 0.933. The summed E-state index contributed by atoms with van der Waals surface area (Å²) >= 11 is 0. The lowest BCUT2D eigenvalue weighted by molar-refractivity contribution is -0.124. The van der Waals surface area contributed by atoms with Gasteiger partial charge in [-0.05, 0) is 59.3 Å². The molecule has 1 aliphatic heterocycles.